The molecule has 4 heteroatoms. The van der Waals surface area contributed by atoms with Crippen LogP contribution in [0.5, 0.6) is 0 Å². The number of nitrogens with one attached hydrogen (secondary N) is 1. The van der Waals surface area contributed by atoms with Crippen LogP contribution in [0.1, 0.15) is 20.8 Å². The normalized spacial score (nSPS) is 8.91. The fraction of sp³-hybridized carbons (Fsp3) is 0.571. The van der Waals surface area contributed by atoms with Crippen molar-refractivity contribution in [3.8, 4) is 0 Å². The number of hydrazone groups is 1. The average molecular weight is 156 g/mol. The average Bonchev–Trinajstić information content (AvgIpc) is 1.98. The third kappa shape index (κ3) is 5.26. The van der Waals surface area contributed by atoms with Gasteiger partial charge in [-0.3, -0.25) is 5.41 Å². The standard InChI is InChI=1S/C6H12N4.CH4/c1-4-5-9-10(3)6(7)8-2;/h5,7H,2,4H2,1,3H3;1H4/b7-6?,9-5+;. The molecular formula is C7H16N4. The minimum Gasteiger partial charge on any atom is -0.266 e. The van der Waals surface area contributed by atoms with Crippen LogP contribution in [0, 0.1) is 5.41 Å². The number of nitrogens with zero attached hydrogens (tertiary/aromatic N) is 3. The summed E-state index contributed by atoms with van der Waals surface area (Å²) >= 11 is 0. The maximum absolute atomic E-state index is 7.10. The van der Waals surface area contributed by atoms with Crippen LogP contribution in [-0.4, -0.2) is 30.9 Å². The van der Waals surface area contributed by atoms with E-state index in [0.29, 0.717) is 0 Å². The van der Waals surface area contributed by atoms with Crippen LogP contribution >= 0.6 is 0 Å². The van der Waals surface area contributed by atoms with E-state index in [1.165, 1.54) is 5.01 Å². The largest absolute Gasteiger partial charge is 0.266 e. The summed E-state index contributed by atoms with van der Waals surface area (Å²) in [5, 5.41) is 12.3. The van der Waals surface area contributed by atoms with Gasteiger partial charge >= 0.3 is 0 Å². The van der Waals surface area contributed by atoms with E-state index >= 15 is 0 Å². The highest BCUT2D eigenvalue weighted by Gasteiger charge is 1.94. The smallest absolute Gasteiger partial charge is 0.237 e. The van der Waals surface area contributed by atoms with E-state index in [0.717, 1.165) is 6.42 Å². The maximum Gasteiger partial charge on any atom is 0.237 e. The summed E-state index contributed by atoms with van der Waals surface area (Å²) < 4.78 is 0. The van der Waals surface area contributed by atoms with E-state index in [2.05, 4.69) is 16.8 Å². The Labute approximate surface area is 68.1 Å². The van der Waals surface area contributed by atoms with Gasteiger partial charge in [0.05, 0.1) is 0 Å². The molecule has 0 bridgehead atoms. The molecule has 64 valence electrons. The molecule has 11 heavy (non-hydrogen) atoms. The predicted octanol–water partition coefficient (Wildman–Crippen LogP) is 1.59. The Balaban J connectivity index is 0. The van der Waals surface area contributed by atoms with Crippen molar-refractivity contribution in [1.82, 2.24) is 5.01 Å². The molecule has 0 unspecified atom stereocenters. The van der Waals surface area contributed by atoms with Gasteiger partial charge in [0.15, 0.2) is 0 Å². The van der Waals surface area contributed by atoms with E-state index in [1.807, 2.05) is 6.92 Å². The van der Waals surface area contributed by atoms with Gasteiger partial charge < -0.3 is 0 Å². The first-order valence-electron chi connectivity index (χ1n) is 3.03. The Kier molecular flexibility index (Phi) is 7.86. The van der Waals surface area contributed by atoms with Crippen LogP contribution in [0.15, 0.2) is 10.1 Å². The number of hydrogen-bond donors (Lipinski definition) is 1. The molecule has 0 fully saturated rings. The first-order valence-corrected chi connectivity index (χ1v) is 3.03. The summed E-state index contributed by atoms with van der Waals surface area (Å²) in [5.41, 5.74) is 0. The molecule has 1 N–H and O–H groups in total. The third-order valence-electron chi connectivity index (χ3n) is 0.894. The highest BCUT2D eigenvalue weighted by atomic mass is 15.5. The zero-order valence-corrected chi connectivity index (χ0v) is 6.33. The van der Waals surface area contributed by atoms with Crippen molar-refractivity contribution in [1.29, 1.82) is 5.41 Å². The van der Waals surface area contributed by atoms with Crippen molar-refractivity contribution >= 4 is 18.9 Å². The zero-order valence-electron chi connectivity index (χ0n) is 6.33. The molecule has 0 aromatic heterocycles. The van der Waals surface area contributed by atoms with E-state index in [9.17, 15) is 0 Å². The predicted molar refractivity (Wildman–Crippen MR) is 50.6 cm³/mol. The number of hydrogen-bond acceptors (Lipinski definition) is 2. The van der Waals surface area contributed by atoms with Crippen molar-refractivity contribution in [3.63, 3.8) is 0 Å². The molecule has 0 rings (SSSR count). The molecule has 0 aromatic rings. The van der Waals surface area contributed by atoms with E-state index in [1.54, 1.807) is 13.3 Å². The van der Waals surface area contributed by atoms with Gasteiger partial charge in [0.1, 0.15) is 0 Å². The lowest BCUT2D eigenvalue weighted by Gasteiger charge is -2.07. The number of guanidine groups is 1. The lowest BCUT2D eigenvalue weighted by atomic mass is 10.6. The summed E-state index contributed by atoms with van der Waals surface area (Å²) in [4.78, 5) is 3.39. The fourth-order valence-electron chi connectivity index (χ4n) is 0.361. The molecule has 0 aliphatic heterocycles. The van der Waals surface area contributed by atoms with Gasteiger partial charge in [-0.25, -0.2) is 10.0 Å². The molecule has 0 aliphatic carbocycles. The van der Waals surface area contributed by atoms with Crippen molar-refractivity contribution in [2.24, 2.45) is 10.1 Å². The van der Waals surface area contributed by atoms with Crippen LogP contribution in [0.4, 0.5) is 0 Å². The Hall–Kier alpha value is -1.19. The molecule has 0 amide bonds. The van der Waals surface area contributed by atoms with Crippen LogP contribution in [0.25, 0.3) is 0 Å². The molecule has 0 saturated heterocycles. The van der Waals surface area contributed by atoms with Crippen molar-refractivity contribution in [2.45, 2.75) is 20.8 Å². The van der Waals surface area contributed by atoms with E-state index in [4.69, 9.17) is 5.41 Å². The Morgan fingerprint density at radius 2 is 2.27 bits per heavy atom. The lowest BCUT2D eigenvalue weighted by molar-refractivity contribution is 0.536. The van der Waals surface area contributed by atoms with Gasteiger partial charge in [-0.05, 0) is 13.1 Å². The van der Waals surface area contributed by atoms with Crippen molar-refractivity contribution in [2.75, 3.05) is 7.05 Å². The summed E-state index contributed by atoms with van der Waals surface area (Å²) in [5.74, 6) is 0.0599. The Morgan fingerprint density at radius 3 is 2.64 bits per heavy atom. The number of rotatable bonds is 2. The van der Waals surface area contributed by atoms with Crippen LogP contribution in [-0.2, 0) is 0 Å². The summed E-state index contributed by atoms with van der Waals surface area (Å²) in [7, 11) is 1.66. The van der Waals surface area contributed by atoms with Crippen molar-refractivity contribution < 1.29 is 0 Å². The lowest BCUT2D eigenvalue weighted by Crippen LogP contribution is -2.17. The molecule has 0 atom stereocenters. The molecule has 0 heterocycles. The van der Waals surface area contributed by atoms with Gasteiger partial charge in [-0.15, -0.1) is 0 Å². The van der Waals surface area contributed by atoms with Crippen LogP contribution < -0.4 is 0 Å². The summed E-state index contributed by atoms with van der Waals surface area (Å²) in [6.45, 7) is 5.17. The first-order chi connectivity index (χ1) is 4.72. The van der Waals surface area contributed by atoms with Gasteiger partial charge in [0.2, 0.25) is 5.96 Å². The second-order valence-electron chi connectivity index (χ2n) is 1.71. The first kappa shape index (κ1) is 12.5. The molecule has 0 aromatic carbocycles. The summed E-state index contributed by atoms with van der Waals surface area (Å²) in [6, 6.07) is 0. The van der Waals surface area contributed by atoms with E-state index < -0.39 is 0 Å². The Bertz CT molecular complexity index is 151. The molecule has 0 saturated carbocycles. The second kappa shape index (κ2) is 6.92. The molecule has 0 spiro atoms. The van der Waals surface area contributed by atoms with Gasteiger partial charge in [-0.1, -0.05) is 14.4 Å². The van der Waals surface area contributed by atoms with Crippen molar-refractivity contribution in [3.05, 3.63) is 0 Å². The maximum atomic E-state index is 7.10. The van der Waals surface area contributed by atoms with Gasteiger partial charge in [0.25, 0.3) is 0 Å². The highest BCUT2D eigenvalue weighted by molar-refractivity contribution is 5.81. The monoisotopic (exact) mass is 156 g/mol. The highest BCUT2D eigenvalue weighted by Crippen LogP contribution is 1.85. The second-order valence-corrected chi connectivity index (χ2v) is 1.71. The van der Waals surface area contributed by atoms with Gasteiger partial charge in [-0.2, -0.15) is 5.10 Å². The summed E-state index contributed by atoms with van der Waals surface area (Å²) in [6.07, 6.45) is 2.56. The molecule has 0 radical (unpaired) electrons. The molecular weight excluding hydrogens is 140 g/mol. The third-order valence-corrected chi connectivity index (χ3v) is 0.894. The number of aliphatic imine (C=N–C) groups is 1. The Morgan fingerprint density at radius 1 is 1.73 bits per heavy atom. The zero-order chi connectivity index (χ0) is 7.98. The molecule has 4 nitrogen and oxygen atoms in total. The minimum atomic E-state index is 0. The van der Waals surface area contributed by atoms with Crippen LogP contribution in [0.2, 0.25) is 0 Å². The molecule has 0 aliphatic rings. The quantitative estimate of drug-likeness (QED) is 0.368. The van der Waals surface area contributed by atoms with Crippen LogP contribution in [0.3, 0.4) is 0 Å². The minimum absolute atomic E-state index is 0. The van der Waals surface area contributed by atoms with E-state index in [-0.39, 0.29) is 13.4 Å². The van der Waals surface area contributed by atoms with Gasteiger partial charge in [0, 0.05) is 13.3 Å². The fourth-order valence-corrected chi connectivity index (χ4v) is 0.361. The SMILES string of the molecule is C.C=NC(=N)N(C)/N=C/CC. The topological polar surface area (TPSA) is 51.8 Å².